The van der Waals surface area contributed by atoms with Gasteiger partial charge in [0.1, 0.15) is 5.41 Å². The molecule has 2 N–H and O–H groups in total. The summed E-state index contributed by atoms with van der Waals surface area (Å²) in [7, 11) is 0. The second-order valence-electron chi connectivity index (χ2n) is 5.96. The number of hydrogen-bond acceptors (Lipinski definition) is 2. The van der Waals surface area contributed by atoms with Crippen molar-refractivity contribution in [2.75, 3.05) is 10.6 Å². The highest BCUT2D eigenvalue weighted by molar-refractivity contribution is 6.32. The van der Waals surface area contributed by atoms with Crippen molar-refractivity contribution < 1.29 is 9.59 Å². The van der Waals surface area contributed by atoms with Crippen molar-refractivity contribution in [3.8, 4) is 0 Å². The molecule has 0 aliphatic heterocycles. The van der Waals surface area contributed by atoms with E-state index >= 15 is 0 Å². The SMILES string of the molecule is Cc1ccc(NC(=O)C2(C(=O)Nc3cccc(Cl)c3)CC2)cc1Cl. The van der Waals surface area contributed by atoms with Crippen LogP contribution in [-0.4, -0.2) is 11.8 Å². The fourth-order valence-electron chi connectivity index (χ4n) is 2.42. The summed E-state index contributed by atoms with van der Waals surface area (Å²) in [6, 6.07) is 12.1. The van der Waals surface area contributed by atoms with E-state index in [1.807, 2.05) is 13.0 Å². The van der Waals surface area contributed by atoms with Crippen molar-refractivity contribution in [3.05, 3.63) is 58.1 Å². The van der Waals surface area contributed by atoms with Gasteiger partial charge in [0.25, 0.3) is 0 Å². The van der Waals surface area contributed by atoms with E-state index in [1.165, 1.54) is 0 Å². The maximum atomic E-state index is 12.6. The average molecular weight is 363 g/mol. The zero-order valence-corrected chi connectivity index (χ0v) is 14.5. The standard InChI is InChI=1S/C18H16Cl2N2O2/c1-11-5-6-14(10-15(11)20)22-17(24)18(7-8-18)16(23)21-13-4-2-3-12(19)9-13/h2-6,9-10H,7-8H2,1H3,(H,21,23)(H,22,24). The molecule has 1 aliphatic rings. The molecular formula is C18H16Cl2N2O2. The molecule has 0 atom stereocenters. The average Bonchev–Trinajstić information content (AvgIpc) is 3.33. The minimum absolute atomic E-state index is 0.318. The van der Waals surface area contributed by atoms with Gasteiger partial charge in [-0.25, -0.2) is 0 Å². The third-order valence-corrected chi connectivity index (χ3v) is 4.77. The molecule has 0 spiro atoms. The fraction of sp³-hybridized carbons (Fsp3) is 0.222. The lowest BCUT2D eigenvalue weighted by Crippen LogP contribution is -2.35. The van der Waals surface area contributed by atoms with E-state index in [-0.39, 0.29) is 11.8 Å². The number of benzene rings is 2. The van der Waals surface area contributed by atoms with E-state index in [1.54, 1.807) is 36.4 Å². The van der Waals surface area contributed by atoms with Gasteiger partial charge >= 0.3 is 0 Å². The lowest BCUT2D eigenvalue weighted by Gasteiger charge is -2.16. The molecule has 0 radical (unpaired) electrons. The van der Waals surface area contributed by atoms with Crippen molar-refractivity contribution in [2.24, 2.45) is 5.41 Å². The van der Waals surface area contributed by atoms with E-state index in [4.69, 9.17) is 23.2 Å². The number of carbonyl (C=O) groups excluding carboxylic acids is 2. The Morgan fingerprint density at radius 2 is 1.58 bits per heavy atom. The Balaban J connectivity index is 1.71. The topological polar surface area (TPSA) is 58.2 Å². The first-order chi connectivity index (χ1) is 11.4. The van der Waals surface area contributed by atoms with Crippen LogP contribution in [0.2, 0.25) is 10.0 Å². The normalized spacial score (nSPS) is 14.8. The van der Waals surface area contributed by atoms with Crippen molar-refractivity contribution >= 4 is 46.4 Å². The molecule has 6 heteroatoms. The molecule has 2 aromatic rings. The van der Waals surface area contributed by atoms with E-state index in [2.05, 4.69) is 10.6 Å². The summed E-state index contributed by atoms with van der Waals surface area (Å²) in [5, 5.41) is 6.64. The number of carbonyl (C=O) groups is 2. The van der Waals surface area contributed by atoms with Crippen LogP contribution in [0.25, 0.3) is 0 Å². The molecule has 0 aromatic heterocycles. The highest BCUT2D eigenvalue weighted by atomic mass is 35.5. The minimum atomic E-state index is -1.03. The van der Waals surface area contributed by atoms with Crippen LogP contribution in [0.15, 0.2) is 42.5 Å². The van der Waals surface area contributed by atoms with Gasteiger partial charge in [-0.3, -0.25) is 9.59 Å². The van der Waals surface area contributed by atoms with Crippen molar-refractivity contribution in [2.45, 2.75) is 19.8 Å². The molecule has 0 saturated heterocycles. The van der Waals surface area contributed by atoms with Gasteiger partial charge in [-0.15, -0.1) is 0 Å². The minimum Gasteiger partial charge on any atom is -0.325 e. The van der Waals surface area contributed by atoms with Crippen molar-refractivity contribution in [1.82, 2.24) is 0 Å². The Hall–Kier alpha value is -2.04. The molecule has 2 amide bonds. The van der Waals surface area contributed by atoms with Gasteiger partial charge in [0.05, 0.1) is 0 Å². The summed E-state index contributed by atoms with van der Waals surface area (Å²) in [5.74, 6) is -0.637. The highest BCUT2D eigenvalue weighted by Gasteiger charge is 2.56. The first-order valence-electron chi connectivity index (χ1n) is 7.55. The van der Waals surface area contributed by atoms with Crippen LogP contribution in [0.5, 0.6) is 0 Å². The summed E-state index contributed by atoms with van der Waals surface area (Å²) in [5.41, 5.74) is 1.05. The smallest absolute Gasteiger partial charge is 0.240 e. The number of anilines is 2. The maximum absolute atomic E-state index is 12.6. The van der Waals surface area contributed by atoms with Gasteiger partial charge in [-0.2, -0.15) is 0 Å². The van der Waals surface area contributed by atoms with Crippen LogP contribution in [0.1, 0.15) is 18.4 Å². The number of rotatable bonds is 4. The molecule has 0 heterocycles. The van der Waals surface area contributed by atoms with Gasteiger partial charge in [0.2, 0.25) is 11.8 Å². The third-order valence-electron chi connectivity index (χ3n) is 4.13. The molecular weight excluding hydrogens is 347 g/mol. The molecule has 0 unspecified atom stereocenters. The van der Waals surface area contributed by atoms with Crippen LogP contribution in [-0.2, 0) is 9.59 Å². The Morgan fingerprint density at radius 3 is 2.12 bits per heavy atom. The van der Waals surface area contributed by atoms with Gasteiger partial charge in [-0.05, 0) is 55.7 Å². The molecule has 4 nitrogen and oxygen atoms in total. The third kappa shape index (κ3) is 3.40. The second-order valence-corrected chi connectivity index (χ2v) is 6.81. The zero-order valence-electron chi connectivity index (χ0n) is 13.0. The van der Waals surface area contributed by atoms with Gasteiger partial charge in [0, 0.05) is 21.4 Å². The van der Waals surface area contributed by atoms with E-state index in [0.717, 1.165) is 5.56 Å². The molecule has 1 fully saturated rings. The molecule has 24 heavy (non-hydrogen) atoms. The summed E-state index contributed by atoms with van der Waals surface area (Å²) >= 11 is 12.0. The molecule has 0 bridgehead atoms. The monoisotopic (exact) mass is 362 g/mol. The number of halogens is 2. The van der Waals surface area contributed by atoms with Crippen LogP contribution < -0.4 is 10.6 Å². The van der Waals surface area contributed by atoms with Crippen LogP contribution in [0.3, 0.4) is 0 Å². The Bertz CT molecular complexity index is 816. The van der Waals surface area contributed by atoms with E-state index in [9.17, 15) is 9.59 Å². The van der Waals surface area contributed by atoms with E-state index < -0.39 is 5.41 Å². The summed E-state index contributed by atoms with van der Waals surface area (Å²) in [4.78, 5) is 25.1. The fourth-order valence-corrected chi connectivity index (χ4v) is 2.79. The predicted molar refractivity (Wildman–Crippen MR) is 96.6 cm³/mol. The predicted octanol–water partition coefficient (Wildman–Crippen LogP) is 4.66. The van der Waals surface area contributed by atoms with Crippen molar-refractivity contribution in [3.63, 3.8) is 0 Å². The van der Waals surface area contributed by atoms with Gasteiger partial charge in [-0.1, -0.05) is 35.3 Å². The zero-order chi connectivity index (χ0) is 17.3. The van der Waals surface area contributed by atoms with Crippen LogP contribution >= 0.6 is 23.2 Å². The number of nitrogens with one attached hydrogen (secondary N) is 2. The molecule has 124 valence electrons. The largest absolute Gasteiger partial charge is 0.325 e. The van der Waals surface area contributed by atoms with Crippen LogP contribution in [0.4, 0.5) is 11.4 Å². The first kappa shape index (κ1) is 16.8. The number of aryl methyl sites for hydroxylation is 1. The quantitative estimate of drug-likeness (QED) is 0.777. The highest BCUT2D eigenvalue weighted by Crippen LogP contribution is 2.47. The summed E-state index contributed by atoms with van der Waals surface area (Å²) in [6.45, 7) is 1.88. The molecule has 1 saturated carbocycles. The van der Waals surface area contributed by atoms with Gasteiger partial charge < -0.3 is 10.6 Å². The second kappa shape index (κ2) is 6.46. The Kier molecular flexibility index (Phi) is 4.52. The summed E-state index contributed by atoms with van der Waals surface area (Å²) in [6.07, 6.45) is 1.04. The first-order valence-corrected chi connectivity index (χ1v) is 8.31. The maximum Gasteiger partial charge on any atom is 0.240 e. The number of hydrogen-bond donors (Lipinski definition) is 2. The molecule has 3 rings (SSSR count). The Morgan fingerprint density at radius 1 is 0.958 bits per heavy atom. The van der Waals surface area contributed by atoms with Crippen molar-refractivity contribution in [1.29, 1.82) is 0 Å². The van der Waals surface area contributed by atoms with Gasteiger partial charge in [0.15, 0.2) is 0 Å². The summed E-state index contributed by atoms with van der Waals surface area (Å²) < 4.78 is 0. The van der Waals surface area contributed by atoms with E-state index in [0.29, 0.717) is 34.3 Å². The van der Waals surface area contributed by atoms with Crippen LogP contribution in [0, 0.1) is 12.3 Å². The Labute approximate surface area is 150 Å². The number of amides is 2. The lowest BCUT2D eigenvalue weighted by molar-refractivity contribution is -0.131. The lowest BCUT2D eigenvalue weighted by atomic mass is 10.0. The molecule has 2 aromatic carbocycles. The molecule has 1 aliphatic carbocycles.